The quantitative estimate of drug-likeness (QED) is 0.570. The Hall–Kier alpha value is -3.16. The Morgan fingerprint density at radius 1 is 1.30 bits per heavy atom. The number of rotatable bonds is 3. The van der Waals surface area contributed by atoms with Gasteiger partial charge < -0.3 is 15.4 Å². The number of aromatic carboxylic acids is 1. The molecule has 0 aliphatic heterocycles. The molecule has 0 unspecified atom stereocenters. The molecule has 100 valence electrons. The van der Waals surface area contributed by atoms with E-state index in [1.165, 1.54) is 6.33 Å². The molecule has 0 atom stereocenters. The van der Waals surface area contributed by atoms with Gasteiger partial charge in [-0.15, -0.1) is 0 Å². The van der Waals surface area contributed by atoms with Crippen LogP contribution in [0.3, 0.4) is 0 Å². The molecule has 4 N–H and O–H groups in total. The van der Waals surface area contributed by atoms with Crippen molar-refractivity contribution in [3.05, 3.63) is 41.9 Å². The first-order valence-electron chi connectivity index (χ1n) is 5.66. The SMILES string of the molecule is O=C(Nc1[nH]ncc1C(=O)O)c1ccc2nc[nH]c2c1. The lowest BCUT2D eigenvalue weighted by atomic mass is 10.2. The van der Waals surface area contributed by atoms with E-state index in [1.54, 1.807) is 18.2 Å². The van der Waals surface area contributed by atoms with E-state index in [1.807, 2.05) is 0 Å². The largest absolute Gasteiger partial charge is 0.477 e. The molecule has 3 aromatic rings. The molecule has 3 rings (SSSR count). The minimum Gasteiger partial charge on any atom is -0.477 e. The normalized spacial score (nSPS) is 10.6. The molecule has 0 bridgehead atoms. The number of nitrogens with zero attached hydrogens (tertiary/aromatic N) is 2. The number of carbonyl (C=O) groups is 2. The van der Waals surface area contributed by atoms with Crippen LogP contribution in [0.1, 0.15) is 20.7 Å². The maximum Gasteiger partial charge on any atom is 0.341 e. The standard InChI is InChI=1S/C12H9N5O3/c18-11(16-10-7(12(19)20)4-15-17-10)6-1-2-8-9(3-6)14-5-13-8/h1-5H,(H,13,14)(H,19,20)(H2,15,16,17,18). The summed E-state index contributed by atoms with van der Waals surface area (Å²) in [6.45, 7) is 0. The number of aromatic nitrogens is 4. The Kier molecular flexibility index (Phi) is 2.68. The first kappa shape index (κ1) is 11.9. The Balaban J connectivity index is 1.88. The molecular weight excluding hydrogens is 262 g/mol. The van der Waals surface area contributed by atoms with Gasteiger partial charge in [0.05, 0.1) is 23.6 Å². The van der Waals surface area contributed by atoms with Crippen LogP contribution in [0.2, 0.25) is 0 Å². The van der Waals surface area contributed by atoms with Gasteiger partial charge in [0.25, 0.3) is 5.91 Å². The maximum absolute atomic E-state index is 12.1. The Bertz CT molecular complexity index is 804. The van der Waals surface area contributed by atoms with E-state index in [4.69, 9.17) is 5.11 Å². The molecule has 0 saturated heterocycles. The number of amides is 1. The van der Waals surface area contributed by atoms with Crippen molar-refractivity contribution in [2.45, 2.75) is 0 Å². The summed E-state index contributed by atoms with van der Waals surface area (Å²) in [5, 5.41) is 17.4. The van der Waals surface area contributed by atoms with Crippen LogP contribution >= 0.6 is 0 Å². The topological polar surface area (TPSA) is 124 Å². The molecule has 8 nitrogen and oxygen atoms in total. The number of fused-ring (bicyclic) bond motifs is 1. The second-order valence-corrected chi connectivity index (χ2v) is 4.05. The number of nitrogens with one attached hydrogen (secondary N) is 3. The third-order valence-corrected chi connectivity index (χ3v) is 2.79. The van der Waals surface area contributed by atoms with Crippen LogP contribution in [0.4, 0.5) is 5.82 Å². The third kappa shape index (κ3) is 1.99. The molecule has 0 aliphatic rings. The van der Waals surface area contributed by atoms with Crippen LogP contribution < -0.4 is 5.32 Å². The molecule has 0 spiro atoms. The van der Waals surface area contributed by atoms with Crippen molar-refractivity contribution in [3.63, 3.8) is 0 Å². The van der Waals surface area contributed by atoms with Gasteiger partial charge in [-0.3, -0.25) is 9.89 Å². The zero-order valence-corrected chi connectivity index (χ0v) is 10.0. The smallest absolute Gasteiger partial charge is 0.341 e. The Labute approximate surface area is 111 Å². The van der Waals surface area contributed by atoms with Crippen molar-refractivity contribution >= 4 is 28.7 Å². The van der Waals surface area contributed by atoms with Crippen LogP contribution in [0.15, 0.2) is 30.7 Å². The van der Waals surface area contributed by atoms with Crippen molar-refractivity contribution in [2.24, 2.45) is 0 Å². The average molecular weight is 271 g/mol. The average Bonchev–Trinajstić information content (AvgIpc) is 3.05. The number of H-pyrrole nitrogens is 2. The minimum atomic E-state index is -1.17. The second kappa shape index (κ2) is 4.50. The van der Waals surface area contributed by atoms with Gasteiger partial charge in [0.2, 0.25) is 0 Å². The van der Waals surface area contributed by atoms with Crippen molar-refractivity contribution < 1.29 is 14.7 Å². The van der Waals surface area contributed by atoms with Crippen LogP contribution in [-0.4, -0.2) is 37.1 Å². The van der Waals surface area contributed by atoms with E-state index in [0.717, 1.165) is 17.2 Å². The van der Waals surface area contributed by atoms with E-state index >= 15 is 0 Å². The summed E-state index contributed by atoms with van der Waals surface area (Å²) < 4.78 is 0. The van der Waals surface area contributed by atoms with Gasteiger partial charge in [0.1, 0.15) is 11.4 Å². The highest BCUT2D eigenvalue weighted by Crippen LogP contribution is 2.15. The number of anilines is 1. The van der Waals surface area contributed by atoms with Gasteiger partial charge in [0, 0.05) is 5.56 Å². The fourth-order valence-electron chi connectivity index (χ4n) is 1.81. The zero-order valence-electron chi connectivity index (χ0n) is 10.0. The van der Waals surface area contributed by atoms with Crippen molar-refractivity contribution in [1.82, 2.24) is 20.2 Å². The lowest BCUT2D eigenvalue weighted by Gasteiger charge is -2.03. The van der Waals surface area contributed by atoms with Crippen molar-refractivity contribution in [3.8, 4) is 0 Å². The van der Waals surface area contributed by atoms with E-state index in [9.17, 15) is 9.59 Å². The molecule has 0 fully saturated rings. The molecule has 1 aromatic carbocycles. The minimum absolute atomic E-state index is 0.0483. The first-order valence-corrected chi connectivity index (χ1v) is 5.66. The number of carboxylic acid groups (broad SMARTS) is 1. The number of imidazole rings is 1. The second-order valence-electron chi connectivity index (χ2n) is 4.05. The molecular formula is C12H9N5O3. The molecule has 8 heteroatoms. The van der Waals surface area contributed by atoms with Crippen LogP contribution in [0, 0.1) is 0 Å². The van der Waals surface area contributed by atoms with E-state index in [2.05, 4.69) is 25.5 Å². The van der Waals surface area contributed by atoms with Gasteiger partial charge in [-0.25, -0.2) is 9.78 Å². The van der Waals surface area contributed by atoms with E-state index in [-0.39, 0.29) is 11.4 Å². The summed E-state index contributed by atoms with van der Waals surface area (Å²) in [6.07, 6.45) is 2.67. The predicted octanol–water partition coefficient (Wildman–Crippen LogP) is 1.24. The molecule has 2 aromatic heterocycles. The van der Waals surface area contributed by atoms with Gasteiger partial charge in [0.15, 0.2) is 0 Å². The summed E-state index contributed by atoms with van der Waals surface area (Å²) in [5.41, 5.74) is 1.75. The van der Waals surface area contributed by atoms with Crippen LogP contribution in [-0.2, 0) is 0 Å². The summed E-state index contributed by atoms with van der Waals surface area (Å²) in [7, 11) is 0. The van der Waals surface area contributed by atoms with Gasteiger partial charge in [-0.05, 0) is 18.2 Å². The molecule has 0 radical (unpaired) electrons. The summed E-state index contributed by atoms with van der Waals surface area (Å²) >= 11 is 0. The molecule has 20 heavy (non-hydrogen) atoms. The van der Waals surface area contributed by atoms with Crippen molar-refractivity contribution in [2.75, 3.05) is 5.32 Å². The highest BCUT2D eigenvalue weighted by atomic mass is 16.4. The molecule has 2 heterocycles. The highest BCUT2D eigenvalue weighted by Gasteiger charge is 2.15. The summed E-state index contributed by atoms with van der Waals surface area (Å²) in [5.74, 6) is -1.56. The van der Waals surface area contributed by atoms with Crippen LogP contribution in [0.5, 0.6) is 0 Å². The summed E-state index contributed by atoms with van der Waals surface area (Å²) in [4.78, 5) is 29.9. The Morgan fingerprint density at radius 2 is 2.15 bits per heavy atom. The molecule has 0 aliphatic carbocycles. The first-order chi connectivity index (χ1) is 9.65. The maximum atomic E-state index is 12.1. The lowest BCUT2D eigenvalue weighted by molar-refractivity contribution is 0.0698. The number of carbonyl (C=O) groups excluding carboxylic acids is 1. The molecule has 1 amide bonds. The number of aromatic amines is 2. The van der Waals surface area contributed by atoms with Crippen LogP contribution in [0.25, 0.3) is 11.0 Å². The lowest BCUT2D eigenvalue weighted by Crippen LogP contribution is -2.14. The summed E-state index contributed by atoms with van der Waals surface area (Å²) in [6, 6.07) is 4.94. The highest BCUT2D eigenvalue weighted by molar-refractivity contribution is 6.08. The number of carboxylic acids is 1. The van der Waals surface area contributed by atoms with E-state index in [0.29, 0.717) is 5.56 Å². The predicted molar refractivity (Wildman–Crippen MR) is 69.6 cm³/mol. The van der Waals surface area contributed by atoms with Gasteiger partial charge in [-0.1, -0.05) is 0 Å². The van der Waals surface area contributed by atoms with E-state index < -0.39 is 11.9 Å². The van der Waals surface area contributed by atoms with Crippen molar-refractivity contribution in [1.29, 1.82) is 0 Å². The fourth-order valence-corrected chi connectivity index (χ4v) is 1.81. The Morgan fingerprint density at radius 3 is 2.95 bits per heavy atom. The number of hydrogen-bond acceptors (Lipinski definition) is 4. The molecule has 0 saturated carbocycles. The number of benzene rings is 1. The third-order valence-electron chi connectivity index (χ3n) is 2.79. The monoisotopic (exact) mass is 271 g/mol. The van der Waals surface area contributed by atoms with Gasteiger partial charge >= 0.3 is 5.97 Å². The fraction of sp³-hybridized carbons (Fsp3) is 0. The van der Waals surface area contributed by atoms with Gasteiger partial charge in [-0.2, -0.15) is 5.10 Å². The number of hydrogen-bond donors (Lipinski definition) is 4. The zero-order chi connectivity index (χ0) is 14.1.